The summed E-state index contributed by atoms with van der Waals surface area (Å²) in [5.74, 6) is -0.479. The number of pyridine rings is 1. The van der Waals surface area contributed by atoms with E-state index in [4.69, 9.17) is 10.5 Å². The van der Waals surface area contributed by atoms with Crippen LogP contribution in [0.2, 0.25) is 0 Å². The lowest BCUT2D eigenvalue weighted by molar-refractivity contribution is -0.141. The van der Waals surface area contributed by atoms with Crippen molar-refractivity contribution < 1.29 is 22.7 Å². The number of ether oxygens (including phenoxy) is 1. The Hall–Kier alpha value is -3.14. The number of thiazole rings is 1. The summed E-state index contributed by atoms with van der Waals surface area (Å²) >= 11 is 0.512. The molecule has 0 atom stereocenters. The Balaban J connectivity index is 1.96. The standard InChI is InChI=1S/C20H19F3N4O2S/c1-19(2,3)11-7-4-5-9-13(11)29-17-12(8-6-10-25-17)26-18-27-15(20(21,22)23)14(30-18)16(24)28/h4-10H,1-3H3,(H2,24,28)(H,26,27). The number of para-hydroxylation sites is 1. The quantitative estimate of drug-likeness (QED) is 0.552. The van der Waals surface area contributed by atoms with E-state index in [1.165, 1.54) is 6.20 Å². The van der Waals surface area contributed by atoms with Gasteiger partial charge in [0.15, 0.2) is 10.8 Å². The molecule has 0 bridgehead atoms. The Morgan fingerprint density at radius 3 is 2.43 bits per heavy atom. The van der Waals surface area contributed by atoms with Crippen LogP contribution in [0.5, 0.6) is 11.6 Å². The molecule has 0 saturated heterocycles. The number of nitrogens with zero attached hydrogens (tertiary/aromatic N) is 2. The number of alkyl halides is 3. The fourth-order valence-corrected chi connectivity index (χ4v) is 3.54. The summed E-state index contributed by atoms with van der Waals surface area (Å²) < 4.78 is 45.4. The molecule has 2 aromatic heterocycles. The first-order chi connectivity index (χ1) is 14.0. The molecule has 0 saturated carbocycles. The Morgan fingerprint density at radius 1 is 1.13 bits per heavy atom. The van der Waals surface area contributed by atoms with Crippen LogP contribution in [-0.4, -0.2) is 15.9 Å². The van der Waals surface area contributed by atoms with E-state index in [2.05, 4.69) is 15.3 Å². The van der Waals surface area contributed by atoms with E-state index >= 15 is 0 Å². The monoisotopic (exact) mass is 436 g/mol. The minimum atomic E-state index is -4.80. The zero-order valence-electron chi connectivity index (χ0n) is 16.4. The highest BCUT2D eigenvalue weighted by molar-refractivity contribution is 7.17. The van der Waals surface area contributed by atoms with Crippen molar-refractivity contribution in [2.75, 3.05) is 5.32 Å². The number of halogens is 3. The lowest BCUT2D eigenvalue weighted by Gasteiger charge is -2.22. The van der Waals surface area contributed by atoms with Gasteiger partial charge in [-0.3, -0.25) is 4.79 Å². The van der Waals surface area contributed by atoms with Gasteiger partial charge in [-0.1, -0.05) is 50.3 Å². The Bertz CT molecular complexity index is 1070. The molecule has 6 nitrogen and oxygen atoms in total. The van der Waals surface area contributed by atoms with Crippen LogP contribution in [0.1, 0.15) is 41.7 Å². The number of rotatable bonds is 5. The molecule has 10 heteroatoms. The molecular formula is C20H19F3N4O2S. The van der Waals surface area contributed by atoms with Crippen LogP contribution >= 0.6 is 11.3 Å². The van der Waals surface area contributed by atoms with Gasteiger partial charge in [-0.15, -0.1) is 0 Å². The first-order valence-electron chi connectivity index (χ1n) is 8.84. The van der Waals surface area contributed by atoms with Gasteiger partial charge < -0.3 is 15.8 Å². The molecule has 0 fully saturated rings. The van der Waals surface area contributed by atoms with Gasteiger partial charge in [-0.2, -0.15) is 13.2 Å². The van der Waals surface area contributed by atoms with E-state index in [9.17, 15) is 18.0 Å². The largest absolute Gasteiger partial charge is 0.437 e. The summed E-state index contributed by atoms with van der Waals surface area (Å²) in [6.45, 7) is 6.10. The molecule has 0 unspecified atom stereocenters. The average Bonchev–Trinajstić information content (AvgIpc) is 3.08. The number of amides is 1. The minimum Gasteiger partial charge on any atom is -0.437 e. The van der Waals surface area contributed by atoms with E-state index in [0.29, 0.717) is 22.8 Å². The zero-order chi connectivity index (χ0) is 22.1. The van der Waals surface area contributed by atoms with Gasteiger partial charge in [0.2, 0.25) is 5.88 Å². The average molecular weight is 436 g/mol. The summed E-state index contributed by atoms with van der Waals surface area (Å²) in [6, 6.07) is 10.6. The van der Waals surface area contributed by atoms with Gasteiger partial charge in [-0.05, 0) is 23.6 Å². The van der Waals surface area contributed by atoms with Crippen molar-refractivity contribution in [3.05, 3.63) is 58.7 Å². The molecule has 30 heavy (non-hydrogen) atoms. The second-order valence-electron chi connectivity index (χ2n) is 7.39. The number of anilines is 2. The highest BCUT2D eigenvalue weighted by atomic mass is 32.1. The second kappa shape index (κ2) is 7.94. The van der Waals surface area contributed by atoms with Crippen molar-refractivity contribution >= 4 is 28.1 Å². The molecule has 3 rings (SSSR count). The van der Waals surface area contributed by atoms with Crippen molar-refractivity contribution in [3.8, 4) is 11.6 Å². The Labute approximate surface area is 174 Å². The van der Waals surface area contributed by atoms with E-state index in [0.717, 1.165) is 5.56 Å². The molecule has 0 aliphatic carbocycles. The van der Waals surface area contributed by atoms with Crippen molar-refractivity contribution in [1.82, 2.24) is 9.97 Å². The summed E-state index contributed by atoms with van der Waals surface area (Å²) in [7, 11) is 0. The predicted octanol–water partition coefficient (Wildman–Crippen LogP) is 5.49. The number of carbonyl (C=O) groups excluding carboxylic acids is 1. The van der Waals surface area contributed by atoms with Crippen molar-refractivity contribution in [2.24, 2.45) is 5.73 Å². The number of primary amides is 1. The smallest absolute Gasteiger partial charge is 0.435 e. The maximum absolute atomic E-state index is 13.2. The van der Waals surface area contributed by atoms with E-state index in [1.54, 1.807) is 18.2 Å². The van der Waals surface area contributed by atoms with Gasteiger partial charge in [0, 0.05) is 11.8 Å². The molecule has 1 amide bonds. The van der Waals surface area contributed by atoms with Crippen LogP contribution in [0.15, 0.2) is 42.6 Å². The van der Waals surface area contributed by atoms with Gasteiger partial charge in [0.25, 0.3) is 5.91 Å². The lowest BCUT2D eigenvalue weighted by atomic mass is 9.86. The molecule has 3 aromatic rings. The molecule has 3 N–H and O–H groups in total. The Kier molecular flexibility index (Phi) is 5.71. The van der Waals surface area contributed by atoms with Gasteiger partial charge in [0.1, 0.15) is 16.3 Å². The van der Waals surface area contributed by atoms with Crippen molar-refractivity contribution in [3.63, 3.8) is 0 Å². The van der Waals surface area contributed by atoms with E-state index < -0.39 is 22.7 Å². The van der Waals surface area contributed by atoms with Gasteiger partial charge >= 0.3 is 6.18 Å². The van der Waals surface area contributed by atoms with Crippen LogP contribution < -0.4 is 15.8 Å². The van der Waals surface area contributed by atoms with Gasteiger partial charge in [0.05, 0.1) is 0 Å². The summed E-state index contributed by atoms with van der Waals surface area (Å²) in [6.07, 6.45) is -3.31. The van der Waals surface area contributed by atoms with Crippen LogP contribution in [-0.2, 0) is 11.6 Å². The maximum atomic E-state index is 13.2. The topological polar surface area (TPSA) is 90.1 Å². The molecule has 158 valence electrons. The number of hydrogen-bond donors (Lipinski definition) is 2. The SMILES string of the molecule is CC(C)(C)c1ccccc1Oc1ncccc1Nc1nc(C(F)(F)F)c(C(N)=O)s1. The number of carbonyl (C=O) groups is 1. The lowest BCUT2D eigenvalue weighted by Crippen LogP contribution is -2.16. The number of nitrogens with two attached hydrogens (primary N) is 1. The Morgan fingerprint density at radius 2 is 1.83 bits per heavy atom. The second-order valence-corrected chi connectivity index (χ2v) is 8.39. The molecule has 0 spiro atoms. The highest BCUT2D eigenvalue weighted by Gasteiger charge is 2.39. The molecule has 0 aliphatic heterocycles. The first-order valence-corrected chi connectivity index (χ1v) is 9.65. The molecule has 0 radical (unpaired) electrons. The van der Waals surface area contributed by atoms with Crippen LogP contribution in [0, 0.1) is 0 Å². The van der Waals surface area contributed by atoms with Crippen LogP contribution in [0.25, 0.3) is 0 Å². The third-order valence-electron chi connectivity index (χ3n) is 4.03. The summed E-state index contributed by atoms with van der Waals surface area (Å²) in [4.78, 5) is 18.4. The summed E-state index contributed by atoms with van der Waals surface area (Å²) in [5.41, 5.74) is 4.77. The molecule has 1 aromatic carbocycles. The van der Waals surface area contributed by atoms with Crippen LogP contribution in [0.4, 0.5) is 24.0 Å². The minimum absolute atomic E-state index is 0.151. The fourth-order valence-electron chi connectivity index (χ4n) is 2.69. The first kappa shape index (κ1) is 21.6. The molecule has 2 heterocycles. The van der Waals surface area contributed by atoms with E-state index in [1.807, 2.05) is 39.0 Å². The number of aromatic nitrogens is 2. The fraction of sp³-hybridized carbons (Fsp3) is 0.250. The van der Waals surface area contributed by atoms with E-state index in [-0.39, 0.29) is 16.4 Å². The van der Waals surface area contributed by atoms with Crippen molar-refractivity contribution in [1.29, 1.82) is 0 Å². The van der Waals surface area contributed by atoms with Gasteiger partial charge in [-0.25, -0.2) is 9.97 Å². The third-order valence-corrected chi connectivity index (χ3v) is 5.02. The highest BCUT2D eigenvalue weighted by Crippen LogP contribution is 2.39. The van der Waals surface area contributed by atoms with Crippen molar-refractivity contribution in [2.45, 2.75) is 32.4 Å². The zero-order valence-corrected chi connectivity index (χ0v) is 17.2. The number of hydrogen-bond acceptors (Lipinski definition) is 6. The third kappa shape index (κ3) is 4.70. The normalized spacial score (nSPS) is 11.9. The predicted molar refractivity (Wildman–Crippen MR) is 108 cm³/mol. The number of benzene rings is 1. The maximum Gasteiger partial charge on any atom is 0.435 e. The number of nitrogens with one attached hydrogen (secondary N) is 1. The molecular weight excluding hydrogens is 417 g/mol. The molecule has 0 aliphatic rings. The summed E-state index contributed by atoms with van der Waals surface area (Å²) in [5, 5.41) is 2.60. The van der Waals surface area contributed by atoms with Crippen LogP contribution in [0.3, 0.4) is 0 Å².